The van der Waals surface area contributed by atoms with Gasteiger partial charge >= 0.3 is 0 Å². The highest BCUT2D eigenvalue weighted by molar-refractivity contribution is 6.34. The maximum atomic E-state index is 2.48. The second-order valence-electron chi connectivity index (χ2n) is 16.0. The topological polar surface area (TPSA) is 0 Å². The molecular formula is C53H50. The molecule has 0 aliphatic carbocycles. The molecule has 8 rings (SSSR count). The lowest BCUT2D eigenvalue weighted by molar-refractivity contribution is 1.32. The Labute approximate surface area is 316 Å². The first kappa shape index (κ1) is 34.6. The summed E-state index contributed by atoms with van der Waals surface area (Å²) in [5, 5.41) is 7.90. The van der Waals surface area contributed by atoms with Crippen LogP contribution in [0.5, 0.6) is 0 Å². The van der Waals surface area contributed by atoms with Gasteiger partial charge in [-0.05, 0) is 192 Å². The van der Waals surface area contributed by atoms with Gasteiger partial charge in [-0.25, -0.2) is 0 Å². The molecule has 8 aromatic rings. The summed E-state index contributed by atoms with van der Waals surface area (Å²) in [5.41, 5.74) is 24.7. The molecule has 53 heavy (non-hydrogen) atoms. The van der Waals surface area contributed by atoms with E-state index in [1.807, 2.05) is 0 Å². The van der Waals surface area contributed by atoms with Gasteiger partial charge in [0.15, 0.2) is 0 Å². The average molecular weight is 687 g/mol. The number of benzene rings is 8. The molecule has 0 aliphatic heterocycles. The summed E-state index contributed by atoms with van der Waals surface area (Å²) in [6.45, 7) is 24.8. The van der Waals surface area contributed by atoms with Crippen LogP contribution in [0.2, 0.25) is 0 Å². The van der Waals surface area contributed by atoms with Crippen LogP contribution in [0.1, 0.15) is 61.2 Å². The quantitative estimate of drug-likeness (QED) is 0.162. The maximum absolute atomic E-state index is 2.48. The van der Waals surface area contributed by atoms with Gasteiger partial charge in [0.25, 0.3) is 0 Å². The normalized spacial score (nSPS) is 11.7. The molecule has 0 atom stereocenters. The van der Waals surface area contributed by atoms with E-state index in [1.165, 1.54) is 138 Å². The molecule has 0 spiro atoms. The van der Waals surface area contributed by atoms with Gasteiger partial charge in [-0.3, -0.25) is 0 Å². The van der Waals surface area contributed by atoms with Crippen molar-refractivity contribution >= 4 is 32.3 Å². The zero-order valence-corrected chi connectivity index (χ0v) is 33.3. The van der Waals surface area contributed by atoms with E-state index in [1.54, 1.807) is 0 Å². The maximum Gasteiger partial charge on any atom is -0.000108 e. The van der Waals surface area contributed by atoms with Crippen LogP contribution in [0.4, 0.5) is 0 Å². The van der Waals surface area contributed by atoms with Crippen molar-refractivity contribution in [3.63, 3.8) is 0 Å². The molecule has 0 aliphatic rings. The summed E-state index contributed by atoms with van der Waals surface area (Å²) in [6.07, 6.45) is 0. The van der Waals surface area contributed by atoms with E-state index < -0.39 is 0 Å². The van der Waals surface area contributed by atoms with Crippen LogP contribution in [0.3, 0.4) is 0 Å². The molecule has 0 N–H and O–H groups in total. The molecule has 0 amide bonds. The van der Waals surface area contributed by atoms with Gasteiger partial charge in [-0.1, -0.05) is 125 Å². The minimum absolute atomic E-state index is 1.25. The van der Waals surface area contributed by atoms with Crippen molar-refractivity contribution < 1.29 is 0 Å². The van der Waals surface area contributed by atoms with Crippen LogP contribution in [0, 0.1) is 76.2 Å². The van der Waals surface area contributed by atoms with Crippen molar-refractivity contribution in [3.05, 3.63) is 164 Å². The molecule has 0 radical (unpaired) electrons. The third-order valence-electron chi connectivity index (χ3n) is 11.9. The van der Waals surface area contributed by atoms with Crippen molar-refractivity contribution in [2.24, 2.45) is 0 Å². The van der Waals surface area contributed by atoms with Crippen molar-refractivity contribution in [2.45, 2.75) is 76.2 Å². The Morgan fingerprint density at radius 3 is 1.04 bits per heavy atom. The second-order valence-corrected chi connectivity index (χ2v) is 16.0. The monoisotopic (exact) mass is 686 g/mol. The molecular weight excluding hydrogens is 637 g/mol. The molecule has 0 bridgehead atoms. The Bertz CT molecular complexity index is 2710. The molecule has 0 aromatic heterocycles. The molecule has 0 heterocycles. The van der Waals surface area contributed by atoms with Gasteiger partial charge in [-0.2, -0.15) is 0 Å². The fourth-order valence-electron chi connectivity index (χ4n) is 9.00. The first-order valence-corrected chi connectivity index (χ1v) is 19.1. The lowest BCUT2D eigenvalue weighted by Crippen LogP contribution is -2.01. The molecule has 0 saturated heterocycles. The second kappa shape index (κ2) is 12.9. The molecule has 262 valence electrons. The lowest BCUT2D eigenvalue weighted by atomic mass is 9.75. The number of rotatable bonds is 4. The SMILES string of the molecule is Cc1ccc(-c2c3cc(C)c(C)cc3c(-c3ccc(C)cc3C)c3c(-c4c(C)cc(C)cc4C)c4cc(C)c(C)cc4c(-c4ccc(C)cc4)c23)cc1. The van der Waals surface area contributed by atoms with Gasteiger partial charge in [0.1, 0.15) is 0 Å². The summed E-state index contributed by atoms with van der Waals surface area (Å²) in [4.78, 5) is 0. The first-order valence-electron chi connectivity index (χ1n) is 19.1. The van der Waals surface area contributed by atoms with Crippen molar-refractivity contribution in [3.8, 4) is 44.5 Å². The molecule has 0 heteroatoms. The van der Waals surface area contributed by atoms with Crippen LogP contribution in [0.25, 0.3) is 76.8 Å². The van der Waals surface area contributed by atoms with E-state index in [4.69, 9.17) is 0 Å². The minimum Gasteiger partial charge on any atom is -0.0587 e. The van der Waals surface area contributed by atoms with Crippen molar-refractivity contribution in [1.82, 2.24) is 0 Å². The summed E-state index contributed by atoms with van der Waals surface area (Å²) < 4.78 is 0. The summed E-state index contributed by atoms with van der Waals surface area (Å²) >= 11 is 0. The van der Waals surface area contributed by atoms with E-state index in [0.717, 1.165) is 0 Å². The predicted octanol–water partition coefficient (Wildman–Crippen LogP) is 15.2. The number of hydrogen-bond donors (Lipinski definition) is 0. The van der Waals surface area contributed by atoms with E-state index in [2.05, 4.69) is 179 Å². The van der Waals surface area contributed by atoms with Gasteiger partial charge in [0.05, 0.1) is 0 Å². The Balaban J connectivity index is 1.83. The van der Waals surface area contributed by atoms with Gasteiger partial charge < -0.3 is 0 Å². The van der Waals surface area contributed by atoms with E-state index >= 15 is 0 Å². The smallest absolute Gasteiger partial charge is 0.000108 e. The summed E-state index contributed by atoms with van der Waals surface area (Å²) in [7, 11) is 0. The van der Waals surface area contributed by atoms with Crippen molar-refractivity contribution in [2.75, 3.05) is 0 Å². The lowest BCUT2D eigenvalue weighted by Gasteiger charge is -2.28. The largest absolute Gasteiger partial charge is 0.0587 e. The molecule has 0 saturated carbocycles. The highest BCUT2D eigenvalue weighted by Crippen LogP contribution is 2.55. The van der Waals surface area contributed by atoms with E-state index in [-0.39, 0.29) is 0 Å². The van der Waals surface area contributed by atoms with Gasteiger partial charge in [0.2, 0.25) is 0 Å². The molecule has 0 fully saturated rings. The van der Waals surface area contributed by atoms with Crippen LogP contribution >= 0.6 is 0 Å². The molecule has 8 aromatic carbocycles. The standard InChI is InChI=1S/C53H50/c1-29-12-17-40(18-13-29)48-43-25-33(5)35(7)27-45(43)50(42-21-16-31(3)22-37(42)9)53-51(47-38(10)23-32(4)24-39(47)11)46-28-36(8)34(6)26-44(46)49(52(48)53)41-19-14-30(2)15-20-41/h12-28H,1-11H3. The average Bonchev–Trinajstić information content (AvgIpc) is 3.10. The Morgan fingerprint density at radius 1 is 0.245 bits per heavy atom. The van der Waals surface area contributed by atoms with Crippen LogP contribution < -0.4 is 0 Å². The zero-order valence-electron chi connectivity index (χ0n) is 33.3. The number of fused-ring (bicyclic) bond motifs is 3. The third-order valence-corrected chi connectivity index (χ3v) is 11.9. The predicted molar refractivity (Wildman–Crippen MR) is 233 cm³/mol. The molecule has 0 unspecified atom stereocenters. The fourth-order valence-corrected chi connectivity index (χ4v) is 9.00. The Morgan fingerprint density at radius 2 is 0.604 bits per heavy atom. The third kappa shape index (κ3) is 5.68. The Kier molecular flexibility index (Phi) is 8.42. The number of aryl methyl sites for hydroxylation is 11. The van der Waals surface area contributed by atoms with Crippen LogP contribution in [-0.2, 0) is 0 Å². The number of hydrogen-bond acceptors (Lipinski definition) is 0. The Hall–Kier alpha value is -5.46. The van der Waals surface area contributed by atoms with E-state index in [0.29, 0.717) is 0 Å². The zero-order chi connectivity index (χ0) is 37.5. The van der Waals surface area contributed by atoms with Gasteiger partial charge in [-0.15, -0.1) is 0 Å². The highest BCUT2D eigenvalue weighted by atomic mass is 14.3. The molecule has 0 nitrogen and oxygen atoms in total. The first-order chi connectivity index (χ1) is 25.3. The minimum atomic E-state index is 1.25. The van der Waals surface area contributed by atoms with E-state index in [9.17, 15) is 0 Å². The highest BCUT2D eigenvalue weighted by Gasteiger charge is 2.28. The summed E-state index contributed by atoms with van der Waals surface area (Å²) in [5.74, 6) is 0. The van der Waals surface area contributed by atoms with Gasteiger partial charge in [0, 0.05) is 0 Å². The van der Waals surface area contributed by atoms with Crippen LogP contribution in [-0.4, -0.2) is 0 Å². The summed E-state index contributed by atoms with van der Waals surface area (Å²) in [6, 6.07) is 40.2. The fraction of sp³-hybridized carbons (Fsp3) is 0.208. The van der Waals surface area contributed by atoms with Crippen LogP contribution in [0.15, 0.2) is 103 Å². The van der Waals surface area contributed by atoms with Crippen molar-refractivity contribution in [1.29, 1.82) is 0 Å².